The minimum absolute atomic E-state index is 0.260. The van der Waals surface area contributed by atoms with Crippen molar-refractivity contribution in [3.8, 4) is 0 Å². The molecule has 21 heavy (non-hydrogen) atoms. The maximum absolute atomic E-state index is 3.69. The van der Waals surface area contributed by atoms with Crippen LogP contribution in [0.4, 0.5) is 0 Å². The predicted molar refractivity (Wildman–Crippen MR) is 94.9 cm³/mol. The van der Waals surface area contributed by atoms with Gasteiger partial charge in [-0.25, -0.2) is 0 Å². The van der Waals surface area contributed by atoms with Crippen LogP contribution in [0.5, 0.6) is 0 Å². The van der Waals surface area contributed by atoms with E-state index in [0.29, 0.717) is 0 Å². The maximum atomic E-state index is 3.69. The second kappa shape index (κ2) is 7.24. The van der Waals surface area contributed by atoms with Crippen molar-refractivity contribution in [1.82, 2.24) is 5.32 Å². The Morgan fingerprint density at radius 1 is 0.952 bits per heavy atom. The molecule has 0 aliphatic heterocycles. The highest BCUT2D eigenvalue weighted by atomic mass is 79.9. The molecule has 1 N–H and O–H groups in total. The van der Waals surface area contributed by atoms with Crippen molar-refractivity contribution < 1.29 is 0 Å². The van der Waals surface area contributed by atoms with Crippen LogP contribution in [0.3, 0.4) is 0 Å². The SMILES string of the molecule is CCCNC(c1cc(C)cc(C)c1)c1ccc(Br)c(C)c1. The highest BCUT2D eigenvalue weighted by molar-refractivity contribution is 9.10. The standard InChI is InChI=1S/C19H24BrN/c1-5-8-21-19(16-6-7-18(20)15(4)12-16)17-10-13(2)9-14(3)11-17/h6-7,9-12,19,21H,5,8H2,1-4H3. The van der Waals surface area contributed by atoms with E-state index in [2.05, 4.69) is 85.3 Å². The zero-order chi connectivity index (χ0) is 15.4. The van der Waals surface area contributed by atoms with Crippen LogP contribution in [0, 0.1) is 20.8 Å². The summed E-state index contributed by atoms with van der Waals surface area (Å²) in [5.74, 6) is 0. The van der Waals surface area contributed by atoms with Gasteiger partial charge in [0.2, 0.25) is 0 Å². The molecule has 1 atom stereocenters. The molecule has 0 heterocycles. The Balaban J connectivity index is 2.43. The lowest BCUT2D eigenvalue weighted by Crippen LogP contribution is -2.23. The molecule has 0 fully saturated rings. The largest absolute Gasteiger partial charge is 0.306 e. The number of benzene rings is 2. The fourth-order valence-electron chi connectivity index (χ4n) is 2.74. The summed E-state index contributed by atoms with van der Waals surface area (Å²) in [5.41, 5.74) is 6.60. The summed E-state index contributed by atoms with van der Waals surface area (Å²) in [6, 6.07) is 13.7. The molecule has 0 aliphatic rings. The van der Waals surface area contributed by atoms with Gasteiger partial charge in [0.05, 0.1) is 6.04 Å². The lowest BCUT2D eigenvalue weighted by molar-refractivity contribution is 0.597. The summed E-state index contributed by atoms with van der Waals surface area (Å²) in [6.45, 7) is 9.71. The lowest BCUT2D eigenvalue weighted by atomic mass is 9.94. The smallest absolute Gasteiger partial charge is 0.0577 e. The Bertz CT molecular complexity index is 599. The summed E-state index contributed by atoms with van der Waals surface area (Å²) in [5, 5.41) is 3.69. The van der Waals surface area contributed by atoms with Crippen LogP contribution in [-0.4, -0.2) is 6.54 Å². The summed E-state index contributed by atoms with van der Waals surface area (Å²) in [4.78, 5) is 0. The first kappa shape index (κ1) is 16.3. The third kappa shape index (κ3) is 4.18. The quantitative estimate of drug-likeness (QED) is 0.758. The van der Waals surface area contributed by atoms with Gasteiger partial charge in [0.15, 0.2) is 0 Å². The molecule has 0 bridgehead atoms. The zero-order valence-electron chi connectivity index (χ0n) is 13.3. The van der Waals surface area contributed by atoms with Gasteiger partial charge in [-0.05, 0) is 56.5 Å². The molecule has 0 amide bonds. The summed E-state index contributed by atoms with van der Waals surface area (Å²) < 4.78 is 1.17. The number of hydrogen-bond acceptors (Lipinski definition) is 1. The average Bonchev–Trinajstić information content (AvgIpc) is 2.42. The van der Waals surface area contributed by atoms with Gasteiger partial charge in [-0.15, -0.1) is 0 Å². The van der Waals surface area contributed by atoms with Crippen molar-refractivity contribution in [3.63, 3.8) is 0 Å². The van der Waals surface area contributed by atoms with E-state index in [1.54, 1.807) is 0 Å². The lowest BCUT2D eigenvalue weighted by Gasteiger charge is -2.21. The van der Waals surface area contributed by atoms with Crippen molar-refractivity contribution in [3.05, 3.63) is 68.7 Å². The van der Waals surface area contributed by atoms with Crippen LogP contribution < -0.4 is 5.32 Å². The Labute approximate surface area is 136 Å². The summed E-state index contributed by atoms with van der Waals surface area (Å²) in [6.07, 6.45) is 1.14. The van der Waals surface area contributed by atoms with Crippen molar-refractivity contribution >= 4 is 15.9 Å². The van der Waals surface area contributed by atoms with Crippen molar-refractivity contribution in [2.75, 3.05) is 6.54 Å². The topological polar surface area (TPSA) is 12.0 Å². The number of nitrogens with one attached hydrogen (secondary N) is 1. The molecule has 0 saturated carbocycles. The van der Waals surface area contributed by atoms with Gasteiger partial charge in [0.25, 0.3) is 0 Å². The molecule has 0 radical (unpaired) electrons. The predicted octanol–water partition coefficient (Wildman–Crippen LogP) is 5.46. The monoisotopic (exact) mass is 345 g/mol. The maximum Gasteiger partial charge on any atom is 0.0577 e. The molecule has 2 rings (SSSR count). The van der Waals surface area contributed by atoms with Gasteiger partial charge >= 0.3 is 0 Å². The normalized spacial score (nSPS) is 12.4. The van der Waals surface area contributed by atoms with Crippen LogP contribution in [0.25, 0.3) is 0 Å². The van der Waals surface area contributed by atoms with Crippen LogP contribution in [0.15, 0.2) is 40.9 Å². The van der Waals surface area contributed by atoms with Crippen molar-refractivity contribution in [2.24, 2.45) is 0 Å². The number of rotatable bonds is 5. The van der Waals surface area contributed by atoms with Crippen LogP contribution in [0.1, 0.15) is 47.2 Å². The van der Waals surface area contributed by atoms with E-state index in [1.807, 2.05) is 0 Å². The van der Waals surface area contributed by atoms with Crippen LogP contribution >= 0.6 is 15.9 Å². The molecule has 1 nitrogen and oxygen atoms in total. The second-order valence-electron chi connectivity index (χ2n) is 5.82. The van der Waals surface area contributed by atoms with E-state index in [0.717, 1.165) is 13.0 Å². The molecule has 1 unspecified atom stereocenters. The first-order valence-corrected chi connectivity index (χ1v) is 8.38. The number of halogens is 1. The Morgan fingerprint density at radius 2 is 1.62 bits per heavy atom. The summed E-state index contributed by atoms with van der Waals surface area (Å²) >= 11 is 3.59. The van der Waals surface area contributed by atoms with Crippen molar-refractivity contribution in [2.45, 2.75) is 40.2 Å². The highest BCUT2D eigenvalue weighted by Gasteiger charge is 2.14. The van der Waals surface area contributed by atoms with E-state index in [-0.39, 0.29) is 6.04 Å². The van der Waals surface area contributed by atoms with Gasteiger partial charge < -0.3 is 5.32 Å². The Hall–Kier alpha value is -1.12. The second-order valence-corrected chi connectivity index (χ2v) is 6.67. The van der Waals surface area contributed by atoms with E-state index in [1.165, 1.54) is 32.3 Å². The fourth-order valence-corrected chi connectivity index (χ4v) is 2.99. The van der Waals surface area contributed by atoms with Gasteiger partial charge in [-0.1, -0.05) is 64.3 Å². The fraction of sp³-hybridized carbons (Fsp3) is 0.368. The molecule has 2 heteroatoms. The van der Waals surface area contributed by atoms with Crippen molar-refractivity contribution in [1.29, 1.82) is 0 Å². The molecule has 0 aromatic heterocycles. The van der Waals surface area contributed by atoms with Gasteiger partial charge in [-0.3, -0.25) is 0 Å². The zero-order valence-corrected chi connectivity index (χ0v) is 14.9. The van der Waals surface area contributed by atoms with Gasteiger partial charge in [0.1, 0.15) is 0 Å². The van der Waals surface area contributed by atoms with Crippen LogP contribution in [-0.2, 0) is 0 Å². The first-order chi connectivity index (χ1) is 10.0. The molecule has 0 spiro atoms. The average molecular weight is 346 g/mol. The molecular weight excluding hydrogens is 322 g/mol. The van der Waals surface area contributed by atoms with E-state index in [4.69, 9.17) is 0 Å². The highest BCUT2D eigenvalue weighted by Crippen LogP contribution is 2.27. The van der Waals surface area contributed by atoms with E-state index < -0.39 is 0 Å². The third-order valence-corrected chi connectivity index (χ3v) is 4.58. The number of aryl methyl sites for hydroxylation is 3. The molecular formula is C19H24BrN. The molecule has 0 saturated heterocycles. The minimum Gasteiger partial charge on any atom is -0.306 e. The third-order valence-electron chi connectivity index (χ3n) is 3.69. The van der Waals surface area contributed by atoms with Crippen LogP contribution in [0.2, 0.25) is 0 Å². The Kier molecular flexibility index (Phi) is 5.60. The molecule has 2 aromatic rings. The minimum atomic E-state index is 0.260. The molecule has 0 aliphatic carbocycles. The van der Waals surface area contributed by atoms with Gasteiger partial charge in [0, 0.05) is 4.47 Å². The molecule has 2 aromatic carbocycles. The number of hydrogen-bond donors (Lipinski definition) is 1. The molecule has 112 valence electrons. The Morgan fingerprint density at radius 3 is 2.19 bits per heavy atom. The first-order valence-electron chi connectivity index (χ1n) is 7.59. The van der Waals surface area contributed by atoms with E-state index in [9.17, 15) is 0 Å². The van der Waals surface area contributed by atoms with E-state index >= 15 is 0 Å². The summed E-state index contributed by atoms with van der Waals surface area (Å²) in [7, 11) is 0. The van der Waals surface area contributed by atoms with Gasteiger partial charge in [-0.2, -0.15) is 0 Å².